The molecular weight excluding hydrogens is 228 g/mol. The smallest absolute Gasteiger partial charge is 0.110 e. The number of aromatic nitrogens is 1. The quantitative estimate of drug-likeness (QED) is 0.879. The number of hydrogen-bond acceptors (Lipinski definition) is 3. The second-order valence-corrected chi connectivity index (χ2v) is 6.83. The third-order valence-electron chi connectivity index (χ3n) is 3.23. The highest BCUT2D eigenvalue weighted by Crippen LogP contribution is 2.34. The Morgan fingerprint density at radius 2 is 2.12 bits per heavy atom. The molecule has 0 spiro atoms. The van der Waals surface area contributed by atoms with E-state index in [2.05, 4.69) is 33.0 Å². The molecule has 1 atom stereocenters. The summed E-state index contributed by atoms with van der Waals surface area (Å²) < 4.78 is 0. The summed E-state index contributed by atoms with van der Waals surface area (Å²) in [5, 5.41) is 4.87. The molecule has 0 radical (unpaired) electrons. The molecule has 1 fully saturated rings. The van der Waals surface area contributed by atoms with Crippen LogP contribution >= 0.6 is 11.3 Å². The first-order valence-electron chi connectivity index (χ1n) is 6.80. The lowest BCUT2D eigenvalue weighted by molar-refractivity contribution is 0.613. The molecule has 2 rings (SSSR count). The maximum Gasteiger partial charge on any atom is 0.110 e. The molecule has 2 heterocycles. The second kappa shape index (κ2) is 5.49. The van der Waals surface area contributed by atoms with E-state index in [4.69, 9.17) is 4.98 Å². The first kappa shape index (κ1) is 13.0. The molecule has 1 N–H and O–H groups in total. The van der Waals surface area contributed by atoms with Crippen LogP contribution in [0, 0.1) is 5.92 Å². The molecule has 1 aromatic rings. The first-order chi connectivity index (χ1) is 8.08. The summed E-state index contributed by atoms with van der Waals surface area (Å²) in [6.45, 7) is 10.3. The van der Waals surface area contributed by atoms with Gasteiger partial charge in [0, 0.05) is 4.88 Å². The van der Waals surface area contributed by atoms with Gasteiger partial charge < -0.3 is 5.32 Å². The van der Waals surface area contributed by atoms with Crippen molar-refractivity contribution < 1.29 is 0 Å². The standard InChI is InChI=1S/C14H24N2S/c1-9(2)8-12-13(10(3)4)17-14(16-12)11-6-5-7-15-11/h9-11,15H,5-8H2,1-4H3. The van der Waals surface area contributed by atoms with Gasteiger partial charge in [-0.15, -0.1) is 11.3 Å². The fourth-order valence-corrected chi connectivity index (χ4v) is 3.62. The average Bonchev–Trinajstić information content (AvgIpc) is 2.82. The Morgan fingerprint density at radius 3 is 2.65 bits per heavy atom. The van der Waals surface area contributed by atoms with Gasteiger partial charge in [0.05, 0.1) is 11.7 Å². The van der Waals surface area contributed by atoms with E-state index in [1.54, 1.807) is 0 Å². The largest absolute Gasteiger partial charge is 0.308 e. The zero-order valence-corrected chi connectivity index (χ0v) is 12.2. The lowest BCUT2D eigenvalue weighted by atomic mass is 10.0. The van der Waals surface area contributed by atoms with E-state index in [0.29, 0.717) is 17.9 Å². The number of hydrogen-bond donors (Lipinski definition) is 1. The molecule has 0 aromatic carbocycles. The molecule has 96 valence electrons. The van der Waals surface area contributed by atoms with Gasteiger partial charge in [0.1, 0.15) is 5.01 Å². The number of thiazole rings is 1. The maximum absolute atomic E-state index is 4.91. The van der Waals surface area contributed by atoms with Crippen molar-refractivity contribution in [3.63, 3.8) is 0 Å². The van der Waals surface area contributed by atoms with Crippen LogP contribution in [0.15, 0.2) is 0 Å². The molecule has 0 bridgehead atoms. The zero-order valence-electron chi connectivity index (χ0n) is 11.4. The summed E-state index contributed by atoms with van der Waals surface area (Å²) in [4.78, 5) is 6.41. The molecule has 1 aliphatic heterocycles. The molecule has 1 aliphatic rings. The van der Waals surface area contributed by atoms with E-state index in [1.807, 2.05) is 11.3 Å². The van der Waals surface area contributed by atoms with Crippen molar-refractivity contribution in [1.29, 1.82) is 0 Å². The summed E-state index contributed by atoms with van der Waals surface area (Å²) in [5.41, 5.74) is 1.35. The Kier molecular flexibility index (Phi) is 4.21. The number of rotatable bonds is 4. The fourth-order valence-electron chi connectivity index (χ4n) is 2.41. The van der Waals surface area contributed by atoms with E-state index < -0.39 is 0 Å². The predicted octanol–water partition coefficient (Wildman–Crippen LogP) is 3.89. The third-order valence-corrected chi connectivity index (χ3v) is 4.74. The van der Waals surface area contributed by atoms with Gasteiger partial charge >= 0.3 is 0 Å². The van der Waals surface area contributed by atoms with E-state index in [9.17, 15) is 0 Å². The molecule has 3 heteroatoms. The molecule has 0 saturated carbocycles. The Balaban J connectivity index is 2.23. The monoisotopic (exact) mass is 252 g/mol. The van der Waals surface area contributed by atoms with Gasteiger partial charge in [-0.1, -0.05) is 27.7 Å². The van der Waals surface area contributed by atoms with Gasteiger partial charge in [-0.05, 0) is 37.6 Å². The van der Waals surface area contributed by atoms with Gasteiger partial charge in [-0.3, -0.25) is 0 Å². The summed E-state index contributed by atoms with van der Waals surface area (Å²) >= 11 is 1.93. The maximum atomic E-state index is 4.91. The molecule has 0 amide bonds. The topological polar surface area (TPSA) is 24.9 Å². The van der Waals surface area contributed by atoms with Gasteiger partial charge in [0.2, 0.25) is 0 Å². The summed E-state index contributed by atoms with van der Waals surface area (Å²) in [5.74, 6) is 1.30. The Morgan fingerprint density at radius 1 is 1.35 bits per heavy atom. The van der Waals surface area contributed by atoms with Crippen molar-refractivity contribution in [2.24, 2.45) is 5.92 Å². The van der Waals surface area contributed by atoms with Crippen LogP contribution in [0.5, 0.6) is 0 Å². The van der Waals surface area contributed by atoms with Crippen LogP contribution in [0.2, 0.25) is 0 Å². The highest BCUT2D eigenvalue weighted by atomic mass is 32.1. The second-order valence-electron chi connectivity index (χ2n) is 5.76. The van der Waals surface area contributed by atoms with Gasteiger partial charge in [0.15, 0.2) is 0 Å². The highest BCUT2D eigenvalue weighted by molar-refractivity contribution is 7.11. The minimum Gasteiger partial charge on any atom is -0.308 e. The Bertz CT molecular complexity index is 362. The van der Waals surface area contributed by atoms with Crippen LogP contribution < -0.4 is 5.32 Å². The molecule has 1 saturated heterocycles. The van der Waals surface area contributed by atoms with E-state index in [0.717, 1.165) is 13.0 Å². The SMILES string of the molecule is CC(C)Cc1nc(C2CCCN2)sc1C(C)C. The molecule has 17 heavy (non-hydrogen) atoms. The van der Waals surface area contributed by atoms with E-state index >= 15 is 0 Å². The van der Waals surface area contributed by atoms with Crippen LogP contribution in [0.4, 0.5) is 0 Å². The lowest BCUT2D eigenvalue weighted by Gasteiger charge is -2.06. The van der Waals surface area contributed by atoms with Crippen molar-refractivity contribution in [3.8, 4) is 0 Å². The summed E-state index contributed by atoms with van der Waals surface area (Å²) in [7, 11) is 0. The van der Waals surface area contributed by atoms with Crippen molar-refractivity contribution in [2.45, 2.75) is 58.9 Å². The molecule has 1 aromatic heterocycles. The fraction of sp³-hybridized carbons (Fsp3) is 0.786. The normalized spacial score (nSPS) is 20.7. The lowest BCUT2D eigenvalue weighted by Crippen LogP contribution is -2.12. The van der Waals surface area contributed by atoms with Crippen molar-refractivity contribution in [1.82, 2.24) is 10.3 Å². The van der Waals surface area contributed by atoms with Crippen LogP contribution in [0.25, 0.3) is 0 Å². The number of nitrogens with zero attached hydrogens (tertiary/aromatic N) is 1. The summed E-state index contributed by atoms with van der Waals surface area (Å²) in [6, 6.07) is 0.526. The van der Waals surface area contributed by atoms with Crippen molar-refractivity contribution >= 4 is 11.3 Å². The molecule has 1 unspecified atom stereocenters. The predicted molar refractivity (Wildman–Crippen MR) is 74.7 cm³/mol. The molecular formula is C14H24N2S. The Labute approximate surface area is 109 Å². The van der Waals surface area contributed by atoms with Crippen LogP contribution in [0.3, 0.4) is 0 Å². The number of nitrogens with one attached hydrogen (secondary N) is 1. The van der Waals surface area contributed by atoms with Gasteiger partial charge in [-0.25, -0.2) is 4.98 Å². The summed E-state index contributed by atoms with van der Waals surface area (Å²) in [6.07, 6.45) is 3.67. The highest BCUT2D eigenvalue weighted by Gasteiger charge is 2.23. The Hall–Kier alpha value is -0.410. The minimum atomic E-state index is 0.526. The van der Waals surface area contributed by atoms with Crippen molar-refractivity contribution in [3.05, 3.63) is 15.6 Å². The van der Waals surface area contributed by atoms with Crippen molar-refractivity contribution in [2.75, 3.05) is 6.54 Å². The third kappa shape index (κ3) is 3.08. The van der Waals surface area contributed by atoms with Crippen LogP contribution in [0.1, 0.15) is 68.1 Å². The first-order valence-corrected chi connectivity index (χ1v) is 7.62. The molecule has 0 aliphatic carbocycles. The van der Waals surface area contributed by atoms with E-state index in [1.165, 1.54) is 28.4 Å². The van der Waals surface area contributed by atoms with Gasteiger partial charge in [0.25, 0.3) is 0 Å². The zero-order chi connectivity index (χ0) is 12.4. The average molecular weight is 252 g/mol. The van der Waals surface area contributed by atoms with E-state index in [-0.39, 0.29) is 0 Å². The van der Waals surface area contributed by atoms with Gasteiger partial charge in [-0.2, -0.15) is 0 Å². The van der Waals surface area contributed by atoms with Crippen LogP contribution in [-0.4, -0.2) is 11.5 Å². The molecule has 2 nitrogen and oxygen atoms in total. The minimum absolute atomic E-state index is 0.526. The van der Waals surface area contributed by atoms with Crippen LogP contribution in [-0.2, 0) is 6.42 Å².